The molecule has 0 unspecified atom stereocenters. The average molecular weight is 301 g/mol. The van der Waals surface area contributed by atoms with Gasteiger partial charge in [-0.15, -0.1) is 0 Å². The summed E-state index contributed by atoms with van der Waals surface area (Å²) >= 11 is 0. The third-order valence-corrected chi connectivity index (χ3v) is 3.93. The van der Waals surface area contributed by atoms with Crippen LogP contribution in [0.1, 0.15) is 5.56 Å². The van der Waals surface area contributed by atoms with Crippen molar-refractivity contribution < 1.29 is 4.74 Å². The van der Waals surface area contributed by atoms with Crippen LogP contribution in [0, 0.1) is 0 Å². The molecule has 0 atom stereocenters. The van der Waals surface area contributed by atoms with E-state index < -0.39 is 0 Å². The molecule has 1 N–H and O–H groups in total. The Morgan fingerprint density at radius 3 is 2.48 bits per heavy atom. The fraction of sp³-hybridized carbons (Fsp3) is 0.0500. The molecule has 4 rings (SSSR count). The molecule has 3 aromatic carbocycles. The van der Waals surface area contributed by atoms with E-state index in [1.807, 2.05) is 30.3 Å². The van der Waals surface area contributed by atoms with Gasteiger partial charge in [0.2, 0.25) is 5.56 Å². The zero-order valence-electron chi connectivity index (χ0n) is 12.5. The summed E-state index contributed by atoms with van der Waals surface area (Å²) in [5.41, 5.74) is 1.71. The molecule has 0 saturated heterocycles. The van der Waals surface area contributed by atoms with Gasteiger partial charge in [-0.05, 0) is 34.5 Å². The monoisotopic (exact) mass is 301 g/mol. The van der Waals surface area contributed by atoms with E-state index in [1.54, 1.807) is 6.07 Å². The molecule has 4 aromatic rings. The van der Waals surface area contributed by atoms with Gasteiger partial charge < -0.3 is 9.72 Å². The Morgan fingerprint density at radius 1 is 0.783 bits per heavy atom. The summed E-state index contributed by atoms with van der Waals surface area (Å²) < 4.78 is 5.94. The smallest absolute Gasteiger partial charge is 0.248 e. The van der Waals surface area contributed by atoms with Gasteiger partial charge in [-0.1, -0.05) is 48.5 Å². The second-order valence-electron chi connectivity index (χ2n) is 5.51. The lowest BCUT2D eigenvalue weighted by Gasteiger charge is -2.09. The van der Waals surface area contributed by atoms with Gasteiger partial charge >= 0.3 is 0 Å². The highest BCUT2D eigenvalue weighted by molar-refractivity contribution is 5.84. The van der Waals surface area contributed by atoms with Crippen molar-refractivity contribution >= 4 is 21.7 Å². The van der Waals surface area contributed by atoms with Crippen molar-refractivity contribution in [3.63, 3.8) is 0 Å². The summed E-state index contributed by atoms with van der Waals surface area (Å²) in [7, 11) is 0. The van der Waals surface area contributed by atoms with Crippen molar-refractivity contribution in [2.24, 2.45) is 0 Å². The first-order valence-corrected chi connectivity index (χ1v) is 7.52. The Kier molecular flexibility index (Phi) is 3.31. The predicted octanol–water partition coefficient (Wildman–Crippen LogP) is 4.26. The highest BCUT2D eigenvalue weighted by Crippen LogP contribution is 2.24. The fourth-order valence-corrected chi connectivity index (χ4v) is 2.76. The Morgan fingerprint density at radius 2 is 1.57 bits per heavy atom. The van der Waals surface area contributed by atoms with Crippen LogP contribution < -0.4 is 10.3 Å². The third kappa shape index (κ3) is 2.69. The second-order valence-corrected chi connectivity index (χ2v) is 5.51. The molecule has 0 aliphatic heterocycles. The average Bonchev–Trinajstić information content (AvgIpc) is 2.59. The maximum Gasteiger partial charge on any atom is 0.248 e. The molecule has 0 fully saturated rings. The largest absolute Gasteiger partial charge is 0.487 e. The molecule has 3 heteroatoms. The van der Waals surface area contributed by atoms with Gasteiger partial charge in [-0.3, -0.25) is 4.79 Å². The van der Waals surface area contributed by atoms with Gasteiger partial charge in [0.1, 0.15) is 12.4 Å². The molecule has 3 nitrogen and oxygen atoms in total. The summed E-state index contributed by atoms with van der Waals surface area (Å²) in [6, 6.07) is 23.6. The Labute approximate surface area is 133 Å². The number of aromatic nitrogens is 1. The Balaban J connectivity index is 1.65. The number of fused-ring (bicyclic) bond motifs is 2. The lowest BCUT2D eigenvalue weighted by molar-refractivity contribution is 0.309. The topological polar surface area (TPSA) is 42.1 Å². The molecule has 0 spiro atoms. The van der Waals surface area contributed by atoms with E-state index in [0.29, 0.717) is 12.4 Å². The van der Waals surface area contributed by atoms with E-state index in [0.717, 1.165) is 16.5 Å². The zero-order valence-corrected chi connectivity index (χ0v) is 12.5. The molecule has 1 aromatic heterocycles. The maximum absolute atomic E-state index is 11.5. The van der Waals surface area contributed by atoms with Crippen LogP contribution in [0.15, 0.2) is 77.6 Å². The number of rotatable bonds is 3. The third-order valence-electron chi connectivity index (χ3n) is 3.93. The van der Waals surface area contributed by atoms with Crippen LogP contribution in [0.2, 0.25) is 0 Å². The summed E-state index contributed by atoms with van der Waals surface area (Å²) in [4.78, 5) is 14.4. The molecule has 0 radical (unpaired) electrons. The minimum Gasteiger partial charge on any atom is -0.487 e. The predicted molar refractivity (Wildman–Crippen MR) is 92.8 cm³/mol. The first-order valence-electron chi connectivity index (χ1n) is 7.52. The molecule has 0 aliphatic rings. The highest BCUT2D eigenvalue weighted by Gasteiger charge is 2.04. The summed E-state index contributed by atoms with van der Waals surface area (Å²) in [6.45, 7) is 0.459. The van der Waals surface area contributed by atoms with Crippen molar-refractivity contribution in [2.45, 2.75) is 6.61 Å². The van der Waals surface area contributed by atoms with Crippen LogP contribution in [-0.2, 0) is 6.61 Å². The summed E-state index contributed by atoms with van der Waals surface area (Å²) in [5.74, 6) is 0.688. The number of nitrogens with one attached hydrogen (secondary N) is 1. The maximum atomic E-state index is 11.5. The van der Waals surface area contributed by atoms with Crippen LogP contribution in [0.25, 0.3) is 21.7 Å². The molecule has 0 amide bonds. The van der Waals surface area contributed by atoms with Crippen molar-refractivity contribution in [3.8, 4) is 5.75 Å². The van der Waals surface area contributed by atoms with E-state index >= 15 is 0 Å². The number of hydrogen-bond donors (Lipinski definition) is 1. The lowest BCUT2D eigenvalue weighted by atomic mass is 10.1. The zero-order chi connectivity index (χ0) is 15.6. The van der Waals surface area contributed by atoms with E-state index in [4.69, 9.17) is 4.74 Å². The first-order chi connectivity index (χ1) is 11.3. The highest BCUT2D eigenvalue weighted by atomic mass is 16.5. The van der Waals surface area contributed by atoms with Crippen molar-refractivity contribution in [3.05, 3.63) is 88.7 Å². The summed E-state index contributed by atoms with van der Waals surface area (Å²) in [5, 5.41) is 3.37. The quantitative estimate of drug-likeness (QED) is 0.614. The van der Waals surface area contributed by atoms with Crippen molar-refractivity contribution in [2.75, 3.05) is 0 Å². The van der Waals surface area contributed by atoms with Crippen molar-refractivity contribution in [1.82, 2.24) is 4.98 Å². The van der Waals surface area contributed by atoms with Crippen LogP contribution >= 0.6 is 0 Å². The minimum atomic E-state index is -0.126. The standard InChI is InChI=1S/C20H15NO2/c22-19-11-10-16-6-3-7-18(20(16)21-19)23-13-14-8-9-15-4-1-2-5-17(15)12-14/h1-12H,13H2,(H,21,22). The number of pyridine rings is 1. The van der Waals surface area contributed by atoms with Gasteiger partial charge in [0.15, 0.2) is 0 Å². The van der Waals surface area contributed by atoms with Gasteiger partial charge in [-0.2, -0.15) is 0 Å². The second kappa shape index (κ2) is 5.61. The summed E-state index contributed by atoms with van der Waals surface area (Å²) in [6.07, 6.45) is 0. The molecule has 112 valence electrons. The lowest BCUT2D eigenvalue weighted by Crippen LogP contribution is -2.04. The molecule has 0 saturated carbocycles. The van der Waals surface area contributed by atoms with Crippen LogP contribution in [0.4, 0.5) is 0 Å². The molecule has 0 bridgehead atoms. The minimum absolute atomic E-state index is 0.126. The van der Waals surface area contributed by atoms with Crippen LogP contribution in [0.3, 0.4) is 0 Å². The van der Waals surface area contributed by atoms with Gasteiger partial charge in [0.05, 0.1) is 5.52 Å². The van der Waals surface area contributed by atoms with Gasteiger partial charge in [0, 0.05) is 11.5 Å². The SMILES string of the molecule is O=c1ccc2cccc(OCc3ccc4ccccc4c3)c2[nH]1. The fourth-order valence-electron chi connectivity index (χ4n) is 2.76. The van der Waals surface area contributed by atoms with Crippen molar-refractivity contribution in [1.29, 1.82) is 0 Å². The Hall–Kier alpha value is -3.07. The molecule has 1 heterocycles. The van der Waals surface area contributed by atoms with E-state index in [-0.39, 0.29) is 5.56 Å². The molecule has 0 aliphatic carbocycles. The number of aromatic amines is 1. The van der Waals surface area contributed by atoms with Crippen LogP contribution in [0.5, 0.6) is 5.75 Å². The molecular weight excluding hydrogens is 286 g/mol. The normalized spacial score (nSPS) is 11.0. The number of ether oxygens (including phenoxy) is 1. The number of para-hydroxylation sites is 1. The van der Waals surface area contributed by atoms with E-state index in [1.165, 1.54) is 16.8 Å². The van der Waals surface area contributed by atoms with E-state index in [2.05, 4.69) is 35.3 Å². The molecular formula is C20H15NO2. The van der Waals surface area contributed by atoms with Gasteiger partial charge in [0.25, 0.3) is 0 Å². The Bertz CT molecular complexity index is 1050. The van der Waals surface area contributed by atoms with Gasteiger partial charge in [-0.25, -0.2) is 0 Å². The number of benzene rings is 3. The number of H-pyrrole nitrogens is 1. The molecule has 23 heavy (non-hydrogen) atoms. The van der Waals surface area contributed by atoms with E-state index in [9.17, 15) is 4.79 Å². The number of hydrogen-bond acceptors (Lipinski definition) is 2. The van der Waals surface area contributed by atoms with Crippen LogP contribution in [-0.4, -0.2) is 4.98 Å². The first kappa shape index (κ1) is 13.6.